The number of nitrogens with one attached hydrogen (secondary N) is 1. The van der Waals surface area contributed by atoms with Gasteiger partial charge in [0.1, 0.15) is 0 Å². The van der Waals surface area contributed by atoms with E-state index in [2.05, 4.69) is 22.4 Å². The van der Waals surface area contributed by atoms with E-state index in [9.17, 15) is 4.79 Å². The number of thiophene rings is 1. The lowest BCUT2D eigenvalue weighted by molar-refractivity contribution is 0.0957. The lowest BCUT2D eigenvalue weighted by Gasteiger charge is -2.16. The van der Waals surface area contributed by atoms with Crippen molar-refractivity contribution >= 4 is 17.2 Å². The van der Waals surface area contributed by atoms with Crippen molar-refractivity contribution in [2.75, 3.05) is 7.05 Å². The number of aromatic nitrogens is 1. The fraction of sp³-hybridized carbons (Fsp3) is 0.286. The monoisotopic (exact) mass is 290 g/mol. The highest BCUT2D eigenvalue weighted by Gasteiger charge is 2.12. The number of hydrogen-bond donors (Lipinski definition) is 2. The summed E-state index contributed by atoms with van der Waals surface area (Å²) in [7, 11) is 2.06. The van der Waals surface area contributed by atoms with Crippen LogP contribution in [0.4, 0.5) is 0 Å². The first kappa shape index (κ1) is 14.6. The Morgan fingerprint density at radius 1 is 1.40 bits per heavy atom. The van der Waals surface area contributed by atoms with Crippen molar-refractivity contribution in [1.82, 2.24) is 15.3 Å². The first-order valence-electron chi connectivity index (χ1n) is 6.28. The number of hydrazine groups is 1. The van der Waals surface area contributed by atoms with Crippen LogP contribution in [0.1, 0.15) is 25.7 Å². The minimum Gasteiger partial charge on any atom is -0.298 e. The summed E-state index contributed by atoms with van der Waals surface area (Å²) in [6.07, 6.45) is 3.59. The molecule has 0 bridgehead atoms. The van der Waals surface area contributed by atoms with E-state index in [-0.39, 0.29) is 5.91 Å². The van der Waals surface area contributed by atoms with Gasteiger partial charge in [0.15, 0.2) is 0 Å². The molecule has 2 aromatic rings. The SMILES string of the molecule is Cc1sc(C(=O)NN)cc1CN(C)Cc1ccncc1. The summed E-state index contributed by atoms with van der Waals surface area (Å²) >= 11 is 1.47. The van der Waals surface area contributed by atoms with E-state index < -0.39 is 0 Å². The molecule has 0 aliphatic heterocycles. The number of nitrogens with zero attached hydrogens (tertiary/aromatic N) is 2. The maximum atomic E-state index is 11.5. The van der Waals surface area contributed by atoms with Gasteiger partial charge in [0.25, 0.3) is 5.91 Å². The minimum absolute atomic E-state index is 0.235. The molecule has 2 rings (SSSR count). The van der Waals surface area contributed by atoms with Crippen LogP contribution >= 0.6 is 11.3 Å². The smallest absolute Gasteiger partial charge is 0.275 e. The molecule has 0 saturated carbocycles. The third-order valence-electron chi connectivity index (χ3n) is 3.02. The van der Waals surface area contributed by atoms with Crippen LogP contribution in [0, 0.1) is 6.92 Å². The van der Waals surface area contributed by atoms with Gasteiger partial charge in [-0.3, -0.25) is 20.1 Å². The molecule has 0 aliphatic rings. The van der Waals surface area contributed by atoms with E-state index in [1.165, 1.54) is 16.9 Å². The quantitative estimate of drug-likeness (QED) is 0.499. The van der Waals surface area contributed by atoms with Gasteiger partial charge in [0.05, 0.1) is 4.88 Å². The Kier molecular flexibility index (Phi) is 4.84. The first-order chi connectivity index (χ1) is 9.60. The molecule has 2 heterocycles. The molecule has 0 atom stereocenters. The van der Waals surface area contributed by atoms with Crippen LogP contribution in [0.2, 0.25) is 0 Å². The van der Waals surface area contributed by atoms with Crippen molar-refractivity contribution in [3.8, 4) is 0 Å². The Bertz CT molecular complexity index is 582. The molecular formula is C14H18N4OS. The number of aryl methyl sites for hydroxylation is 1. The van der Waals surface area contributed by atoms with Crippen LogP contribution in [0.25, 0.3) is 0 Å². The topological polar surface area (TPSA) is 71.2 Å². The zero-order chi connectivity index (χ0) is 14.5. The Labute approximate surface area is 122 Å². The summed E-state index contributed by atoms with van der Waals surface area (Å²) in [4.78, 5) is 19.5. The molecule has 0 aromatic carbocycles. The van der Waals surface area contributed by atoms with Crippen molar-refractivity contribution in [3.05, 3.63) is 51.5 Å². The summed E-state index contributed by atoms with van der Waals surface area (Å²) in [6, 6.07) is 5.92. The molecule has 2 aromatic heterocycles. The number of pyridine rings is 1. The molecular weight excluding hydrogens is 272 g/mol. The fourth-order valence-corrected chi connectivity index (χ4v) is 2.94. The van der Waals surface area contributed by atoms with Gasteiger partial charge in [-0.25, -0.2) is 5.84 Å². The Morgan fingerprint density at radius 2 is 2.10 bits per heavy atom. The highest BCUT2D eigenvalue weighted by atomic mass is 32.1. The first-order valence-corrected chi connectivity index (χ1v) is 7.09. The Balaban J connectivity index is 2.02. The second-order valence-corrected chi connectivity index (χ2v) is 5.95. The number of nitrogens with two attached hydrogens (primary N) is 1. The minimum atomic E-state index is -0.235. The van der Waals surface area contributed by atoms with Crippen LogP contribution in [0.3, 0.4) is 0 Å². The van der Waals surface area contributed by atoms with Gasteiger partial charge in [-0.2, -0.15) is 0 Å². The number of nitrogen functional groups attached to an aromatic ring is 1. The molecule has 3 N–H and O–H groups in total. The molecule has 0 fully saturated rings. The highest BCUT2D eigenvalue weighted by Crippen LogP contribution is 2.23. The van der Waals surface area contributed by atoms with Gasteiger partial charge in [-0.15, -0.1) is 11.3 Å². The number of rotatable bonds is 5. The van der Waals surface area contributed by atoms with Gasteiger partial charge >= 0.3 is 0 Å². The van der Waals surface area contributed by atoms with Gasteiger partial charge < -0.3 is 0 Å². The van der Waals surface area contributed by atoms with Crippen LogP contribution < -0.4 is 11.3 Å². The van der Waals surface area contributed by atoms with Crippen LogP contribution in [0.15, 0.2) is 30.6 Å². The normalized spacial score (nSPS) is 10.8. The predicted octanol–water partition coefficient (Wildman–Crippen LogP) is 1.69. The van der Waals surface area contributed by atoms with Gasteiger partial charge in [0, 0.05) is 30.4 Å². The maximum Gasteiger partial charge on any atom is 0.275 e. The lowest BCUT2D eigenvalue weighted by atomic mass is 10.2. The van der Waals surface area contributed by atoms with Crippen molar-refractivity contribution < 1.29 is 4.79 Å². The molecule has 20 heavy (non-hydrogen) atoms. The number of hydrogen-bond acceptors (Lipinski definition) is 5. The summed E-state index contributed by atoms with van der Waals surface area (Å²) in [5, 5.41) is 0. The predicted molar refractivity (Wildman–Crippen MR) is 80.1 cm³/mol. The Morgan fingerprint density at radius 3 is 2.75 bits per heavy atom. The van der Waals surface area contributed by atoms with E-state index in [1.54, 1.807) is 12.4 Å². The molecule has 0 aliphatic carbocycles. The molecule has 0 saturated heterocycles. The lowest BCUT2D eigenvalue weighted by Crippen LogP contribution is -2.29. The number of carbonyl (C=O) groups is 1. The third-order valence-corrected chi connectivity index (χ3v) is 4.11. The van der Waals surface area contributed by atoms with E-state index in [0.717, 1.165) is 23.5 Å². The molecule has 0 unspecified atom stereocenters. The fourth-order valence-electron chi connectivity index (χ4n) is 2.01. The van der Waals surface area contributed by atoms with Crippen molar-refractivity contribution in [2.24, 2.45) is 5.84 Å². The van der Waals surface area contributed by atoms with Gasteiger partial charge in [-0.1, -0.05) is 0 Å². The zero-order valence-corrected chi connectivity index (χ0v) is 12.4. The summed E-state index contributed by atoms with van der Waals surface area (Å²) in [5.41, 5.74) is 4.54. The van der Waals surface area contributed by atoms with Crippen LogP contribution in [0.5, 0.6) is 0 Å². The zero-order valence-electron chi connectivity index (χ0n) is 11.6. The van der Waals surface area contributed by atoms with E-state index in [1.807, 2.05) is 25.1 Å². The van der Waals surface area contributed by atoms with E-state index in [0.29, 0.717) is 4.88 Å². The molecule has 106 valence electrons. The number of amides is 1. The summed E-state index contributed by atoms with van der Waals surface area (Å²) < 4.78 is 0. The summed E-state index contributed by atoms with van der Waals surface area (Å²) in [5.74, 6) is 4.92. The average Bonchev–Trinajstić information content (AvgIpc) is 2.80. The van der Waals surface area contributed by atoms with Gasteiger partial charge in [-0.05, 0) is 43.3 Å². The van der Waals surface area contributed by atoms with Crippen molar-refractivity contribution in [1.29, 1.82) is 0 Å². The molecule has 5 nitrogen and oxygen atoms in total. The molecule has 6 heteroatoms. The average molecular weight is 290 g/mol. The van der Waals surface area contributed by atoms with Crippen LogP contribution in [-0.2, 0) is 13.1 Å². The standard InChI is InChI=1S/C14H18N4OS/c1-10-12(7-13(20-10)14(19)17-15)9-18(2)8-11-3-5-16-6-4-11/h3-7H,8-9,15H2,1-2H3,(H,17,19). The molecule has 0 radical (unpaired) electrons. The maximum absolute atomic E-state index is 11.5. The Hall–Kier alpha value is -1.76. The second-order valence-electron chi connectivity index (χ2n) is 4.69. The van der Waals surface area contributed by atoms with Crippen molar-refractivity contribution in [3.63, 3.8) is 0 Å². The van der Waals surface area contributed by atoms with Crippen LogP contribution in [-0.4, -0.2) is 22.8 Å². The second kappa shape index (κ2) is 6.60. The molecule has 0 spiro atoms. The largest absolute Gasteiger partial charge is 0.298 e. The highest BCUT2D eigenvalue weighted by molar-refractivity contribution is 7.14. The third kappa shape index (κ3) is 3.63. The summed E-state index contributed by atoms with van der Waals surface area (Å²) in [6.45, 7) is 3.66. The van der Waals surface area contributed by atoms with E-state index in [4.69, 9.17) is 5.84 Å². The van der Waals surface area contributed by atoms with Gasteiger partial charge in [0.2, 0.25) is 0 Å². The van der Waals surface area contributed by atoms with E-state index >= 15 is 0 Å². The molecule has 1 amide bonds. The number of carbonyl (C=O) groups excluding carboxylic acids is 1. The van der Waals surface area contributed by atoms with Crippen molar-refractivity contribution in [2.45, 2.75) is 20.0 Å².